The molecule has 2 atom stereocenters. The molecule has 170 valence electrons. The summed E-state index contributed by atoms with van der Waals surface area (Å²) in [5.41, 5.74) is 4.78. The molecule has 0 radical (unpaired) electrons. The summed E-state index contributed by atoms with van der Waals surface area (Å²) in [6, 6.07) is 27.1. The largest absolute Gasteiger partial charge is 0.457 e. The number of aliphatic hydroxyl groups excluding tert-OH is 1. The summed E-state index contributed by atoms with van der Waals surface area (Å²) in [6.07, 6.45) is -0.0946. The lowest BCUT2D eigenvalue weighted by atomic mass is 10.1. The van der Waals surface area contributed by atoms with Crippen molar-refractivity contribution in [2.24, 2.45) is 4.99 Å². The van der Waals surface area contributed by atoms with Crippen molar-refractivity contribution in [3.05, 3.63) is 96.1 Å². The molecule has 1 fully saturated rings. The number of para-hydroxylation sites is 1. The van der Waals surface area contributed by atoms with Gasteiger partial charge in [0, 0.05) is 6.42 Å². The Labute approximate surface area is 191 Å². The number of hydrogen-bond acceptors (Lipinski definition) is 4. The van der Waals surface area contributed by atoms with Crippen LogP contribution in [0.4, 0.5) is 0 Å². The molecule has 0 bridgehead atoms. The van der Waals surface area contributed by atoms with Gasteiger partial charge in [0.05, 0.1) is 12.6 Å². The summed E-state index contributed by atoms with van der Waals surface area (Å²) in [5.74, 6) is 2.32. The molecule has 0 aromatic heterocycles. The van der Waals surface area contributed by atoms with Gasteiger partial charge in [-0.25, -0.2) is 0 Å². The second-order valence-corrected chi connectivity index (χ2v) is 6.61. The number of aliphatic hydroxyl groups is 1. The van der Waals surface area contributed by atoms with Crippen LogP contribution in [0.3, 0.4) is 0 Å². The Bertz CT molecular complexity index is 913. The minimum atomic E-state index is -0.621. The fourth-order valence-electron chi connectivity index (χ4n) is 3.03. The van der Waals surface area contributed by atoms with Gasteiger partial charge in [0.15, 0.2) is 0 Å². The van der Waals surface area contributed by atoms with Crippen molar-refractivity contribution in [1.29, 1.82) is 0 Å². The molecule has 32 heavy (non-hydrogen) atoms. The Hall–Kier alpha value is -3.15. The zero-order valence-electron chi connectivity index (χ0n) is 19.4. The lowest BCUT2D eigenvalue weighted by Crippen LogP contribution is -2.14. The van der Waals surface area contributed by atoms with E-state index in [4.69, 9.17) is 9.57 Å². The van der Waals surface area contributed by atoms with Crippen LogP contribution in [0.15, 0.2) is 89.9 Å². The molecule has 3 aromatic carbocycles. The highest BCUT2D eigenvalue weighted by molar-refractivity contribution is 5.83. The molecule has 0 amide bonds. The van der Waals surface area contributed by atoms with Crippen molar-refractivity contribution in [2.45, 2.75) is 46.3 Å². The molecule has 1 aliphatic rings. The number of rotatable bonds is 6. The van der Waals surface area contributed by atoms with E-state index >= 15 is 0 Å². The molecule has 1 aliphatic heterocycles. The zero-order chi connectivity index (χ0) is 23.2. The maximum absolute atomic E-state index is 10.2. The maximum Gasteiger partial charge on any atom is 0.127 e. The lowest BCUT2D eigenvalue weighted by molar-refractivity contribution is 0.0447. The Kier molecular flexibility index (Phi) is 11.0. The highest BCUT2D eigenvalue weighted by atomic mass is 16.7. The van der Waals surface area contributed by atoms with E-state index in [1.165, 1.54) is 0 Å². The van der Waals surface area contributed by atoms with Gasteiger partial charge >= 0.3 is 0 Å². The van der Waals surface area contributed by atoms with Crippen LogP contribution >= 0.6 is 0 Å². The Morgan fingerprint density at radius 2 is 1.44 bits per heavy atom. The topological polar surface area (TPSA) is 63.1 Å². The normalized spacial score (nSPS) is 16.7. The van der Waals surface area contributed by atoms with E-state index in [0.717, 1.165) is 28.5 Å². The van der Waals surface area contributed by atoms with Crippen LogP contribution in [0.1, 0.15) is 57.5 Å². The van der Waals surface area contributed by atoms with E-state index in [9.17, 15) is 5.11 Å². The number of benzene rings is 3. The van der Waals surface area contributed by atoms with Gasteiger partial charge in [-0.15, -0.1) is 0 Å². The van der Waals surface area contributed by atoms with Crippen molar-refractivity contribution in [3.8, 4) is 11.5 Å². The SMILES string of the molecule is CC.CC.OC(CN=C1CC(c2ccc(Oc3ccccc3)cc2)ON1)c1ccccc1. The Morgan fingerprint density at radius 3 is 2.06 bits per heavy atom. The monoisotopic (exact) mass is 434 g/mol. The quantitative estimate of drug-likeness (QED) is 0.457. The molecule has 5 heteroatoms. The lowest BCUT2D eigenvalue weighted by Gasteiger charge is -2.09. The molecule has 2 N–H and O–H groups in total. The van der Waals surface area contributed by atoms with Crippen LogP contribution in [-0.4, -0.2) is 17.5 Å². The number of ether oxygens (including phenoxy) is 1. The number of nitrogens with zero attached hydrogens (tertiary/aromatic N) is 1. The Balaban J connectivity index is 0.000000860. The van der Waals surface area contributed by atoms with E-state index in [1.807, 2.05) is 113 Å². The zero-order valence-corrected chi connectivity index (χ0v) is 19.4. The summed E-state index contributed by atoms with van der Waals surface area (Å²) >= 11 is 0. The molecular weight excluding hydrogens is 400 g/mol. The summed E-state index contributed by atoms with van der Waals surface area (Å²) in [4.78, 5) is 10.1. The van der Waals surface area contributed by atoms with E-state index in [0.29, 0.717) is 13.0 Å². The van der Waals surface area contributed by atoms with E-state index in [-0.39, 0.29) is 6.10 Å². The predicted octanol–water partition coefficient (Wildman–Crippen LogP) is 6.63. The minimum Gasteiger partial charge on any atom is -0.457 e. The van der Waals surface area contributed by atoms with Gasteiger partial charge in [-0.1, -0.05) is 88.4 Å². The number of amidine groups is 1. The highest BCUT2D eigenvalue weighted by Gasteiger charge is 2.23. The third-order valence-electron chi connectivity index (χ3n) is 4.57. The third-order valence-corrected chi connectivity index (χ3v) is 4.57. The molecule has 1 saturated heterocycles. The van der Waals surface area contributed by atoms with Gasteiger partial charge in [-0.2, -0.15) is 0 Å². The molecule has 4 rings (SSSR count). The van der Waals surface area contributed by atoms with Crippen molar-refractivity contribution in [1.82, 2.24) is 5.48 Å². The van der Waals surface area contributed by atoms with Crippen molar-refractivity contribution < 1.29 is 14.7 Å². The smallest absolute Gasteiger partial charge is 0.127 e. The number of nitrogens with one attached hydrogen (secondary N) is 1. The molecule has 0 saturated carbocycles. The summed E-state index contributed by atoms with van der Waals surface area (Å²) in [6.45, 7) is 8.30. The van der Waals surface area contributed by atoms with Gasteiger partial charge in [-0.3, -0.25) is 15.3 Å². The molecule has 0 spiro atoms. The van der Waals surface area contributed by atoms with Gasteiger partial charge in [0.25, 0.3) is 0 Å². The van der Waals surface area contributed by atoms with E-state index < -0.39 is 6.10 Å². The molecule has 5 nitrogen and oxygen atoms in total. The highest BCUT2D eigenvalue weighted by Crippen LogP contribution is 2.28. The third kappa shape index (κ3) is 7.52. The van der Waals surface area contributed by atoms with Crippen molar-refractivity contribution in [3.63, 3.8) is 0 Å². The second-order valence-electron chi connectivity index (χ2n) is 6.61. The summed E-state index contributed by atoms with van der Waals surface area (Å²) < 4.78 is 5.82. The number of hydroxylamine groups is 1. The predicted molar refractivity (Wildman–Crippen MR) is 131 cm³/mol. The van der Waals surface area contributed by atoms with Crippen LogP contribution in [0.2, 0.25) is 0 Å². The first-order valence-electron chi connectivity index (χ1n) is 11.3. The molecule has 1 heterocycles. The first-order chi connectivity index (χ1) is 15.8. The Morgan fingerprint density at radius 1 is 0.875 bits per heavy atom. The van der Waals surface area contributed by atoms with Crippen LogP contribution in [0, 0.1) is 0 Å². The fraction of sp³-hybridized carbons (Fsp3) is 0.296. The molecule has 3 aromatic rings. The van der Waals surface area contributed by atoms with Gasteiger partial charge in [0.2, 0.25) is 0 Å². The fourth-order valence-corrected chi connectivity index (χ4v) is 3.03. The van der Waals surface area contributed by atoms with Crippen LogP contribution < -0.4 is 10.2 Å². The van der Waals surface area contributed by atoms with Crippen LogP contribution in [0.5, 0.6) is 11.5 Å². The number of aliphatic imine (C=N–C) groups is 1. The van der Waals surface area contributed by atoms with Crippen molar-refractivity contribution >= 4 is 5.84 Å². The van der Waals surface area contributed by atoms with Gasteiger partial charge < -0.3 is 9.84 Å². The average Bonchev–Trinajstić information content (AvgIpc) is 3.36. The number of hydrogen-bond donors (Lipinski definition) is 2. The first-order valence-corrected chi connectivity index (χ1v) is 11.3. The van der Waals surface area contributed by atoms with Gasteiger partial charge in [-0.05, 0) is 35.4 Å². The van der Waals surface area contributed by atoms with E-state index in [2.05, 4.69) is 10.5 Å². The van der Waals surface area contributed by atoms with Crippen LogP contribution in [0.25, 0.3) is 0 Å². The standard InChI is InChI=1S/C23H22N2O3.2C2H6/c26-21(17-7-3-1-4-8-17)16-24-23-15-22(28-25-23)18-11-13-20(14-12-18)27-19-9-5-2-6-10-19;2*1-2/h1-14,21-22,26H,15-16H2,(H,24,25);2*1-2H3. The summed E-state index contributed by atoms with van der Waals surface area (Å²) in [5, 5.41) is 10.2. The van der Waals surface area contributed by atoms with E-state index in [1.54, 1.807) is 0 Å². The minimum absolute atomic E-state index is 0.113. The maximum atomic E-state index is 10.2. The van der Waals surface area contributed by atoms with Crippen LogP contribution in [-0.2, 0) is 4.84 Å². The van der Waals surface area contributed by atoms with Crippen molar-refractivity contribution in [2.75, 3.05) is 6.54 Å². The first kappa shape index (κ1) is 25.1. The molecule has 2 unspecified atom stereocenters. The molecular formula is C27H34N2O3. The van der Waals surface area contributed by atoms with Gasteiger partial charge in [0.1, 0.15) is 23.4 Å². The summed E-state index contributed by atoms with van der Waals surface area (Å²) in [7, 11) is 0. The molecule has 0 aliphatic carbocycles. The average molecular weight is 435 g/mol. The second kappa shape index (κ2) is 14.0.